The van der Waals surface area contributed by atoms with Gasteiger partial charge in [-0.25, -0.2) is 9.37 Å². The molecular formula is C31H38FN11OS. The number of alkyl halides is 1. The molecule has 0 saturated carbocycles. The van der Waals surface area contributed by atoms with Crippen molar-refractivity contribution >= 4 is 34.1 Å². The SMILES string of the molecule is COc1nc(N2CC3(CCc4sc(N)c(C#N)c43)C2)nc(N(CCC#N)C(C)c2cccnc2N)n1.FC1CC2CCCN2C1. The van der Waals surface area contributed by atoms with Crippen LogP contribution in [0.15, 0.2) is 18.3 Å². The molecule has 1 spiro atoms. The molecule has 0 radical (unpaired) electrons. The van der Waals surface area contributed by atoms with Crippen molar-refractivity contribution in [2.75, 3.05) is 61.1 Å². The van der Waals surface area contributed by atoms with Crippen LogP contribution < -0.4 is 26.0 Å². The summed E-state index contributed by atoms with van der Waals surface area (Å²) >= 11 is 1.53. The van der Waals surface area contributed by atoms with E-state index in [-0.39, 0.29) is 23.9 Å². The number of aryl methyl sites for hydroxylation is 1. The van der Waals surface area contributed by atoms with Crippen LogP contribution >= 0.6 is 11.3 Å². The van der Waals surface area contributed by atoms with Gasteiger partial charge < -0.3 is 26.0 Å². The van der Waals surface area contributed by atoms with Gasteiger partial charge in [0.2, 0.25) is 11.9 Å². The van der Waals surface area contributed by atoms with Gasteiger partial charge in [-0.15, -0.1) is 11.3 Å². The third-order valence-electron chi connectivity index (χ3n) is 9.49. The number of halogens is 1. The zero-order chi connectivity index (χ0) is 31.7. The molecule has 0 bridgehead atoms. The molecule has 3 fully saturated rings. The summed E-state index contributed by atoms with van der Waals surface area (Å²) < 4.78 is 18.0. The van der Waals surface area contributed by atoms with Gasteiger partial charge in [0.15, 0.2) is 0 Å². The van der Waals surface area contributed by atoms with Gasteiger partial charge in [0.05, 0.1) is 31.2 Å². The van der Waals surface area contributed by atoms with Gasteiger partial charge >= 0.3 is 6.01 Å². The summed E-state index contributed by atoms with van der Waals surface area (Å²) in [7, 11) is 1.51. The van der Waals surface area contributed by atoms with Crippen LogP contribution in [0.5, 0.6) is 6.01 Å². The van der Waals surface area contributed by atoms with E-state index in [2.05, 4.69) is 36.9 Å². The van der Waals surface area contributed by atoms with Crippen molar-refractivity contribution < 1.29 is 9.13 Å². The van der Waals surface area contributed by atoms with Crippen LogP contribution in [0.2, 0.25) is 0 Å². The van der Waals surface area contributed by atoms with E-state index in [0.29, 0.717) is 60.5 Å². The first kappa shape index (κ1) is 30.7. The van der Waals surface area contributed by atoms with Crippen molar-refractivity contribution in [3.8, 4) is 18.1 Å². The average Bonchev–Trinajstić information content (AvgIpc) is 3.77. The number of fused-ring (bicyclic) bond motifs is 3. The van der Waals surface area contributed by atoms with Crippen LogP contribution in [-0.2, 0) is 11.8 Å². The van der Waals surface area contributed by atoms with Gasteiger partial charge in [0.25, 0.3) is 0 Å². The second-order valence-electron chi connectivity index (χ2n) is 12.2. The van der Waals surface area contributed by atoms with E-state index in [1.165, 1.54) is 36.2 Å². The minimum Gasteiger partial charge on any atom is -0.467 e. The lowest BCUT2D eigenvalue weighted by molar-refractivity contribution is 0.292. The Morgan fingerprint density at radius 1 is 1.27 bits per heavy atom. The number of hydrogen-bond acceptors (Lipinski definition) is 13. The molecule has 3 saturated heterocycles. The summed E-state index contributed by atoms with van der Waals surface area (Å²) in [6, 6.07) is 8.79. The number of nitriles is 2. The summed E-state index contributed by atoms with van der Waals surface area (Å²) in [5, 5.41) is 19.5. The number of aromatic nitrogens is 4. The number of pyridine rings is 1. The Morgan fingerprint density at radius 3 is 2.80 bits per heavy atom. The number of nitrogen functional groups attached to an aromatic ring is 2. The predicted molar refractivity (Wildman–Crippen MR) is 171 cm³/mol. The maximum absolute atomic E-state index is 12.6. The Labute approximate surface area is 266 Å². The van der Waals surface area contributed by atoms with E-state index >= 15 is 0 Å². The lowest BCUT2D eigenvalue weighted by Gasteiger charge is -2.48. The van der Waals surface area contributed by atoms with Gasteiger partial charge in [-0.2, -0.15) is 25.5 Å². The van der Waals surface area contributed by atoms with Crippen LogP contribution in [0.3, 0.4) is 0 Å². The third kappa shape index (κ3) is 5.80. The Bertz CT molecular complexity index is 1620. The van der Waals surface area contributed by atoms with Gasteiger partial charge in [-0.05, 0) is 57.2 Å². The summed E-state index contributed by atoms with van der Waals surface area (Å²) in [5.74, 6) is 1.30. The highest BCUT2D eigenvalue weighted by molar-refractivity contribution is 7.16. The normalized spacial score (nSPS) is 21.6. The second kappa shape index (κ2) is 12.6. The monoisotopic (exact) mass is 631 g/mol. The summed E-state index contributed by atoms with van der Waals surface area (Å²) in [6.07, 6.45) is 6.63. The van der Waals surface area contributed by atoms with Gasteiger partial charge in [0, 0.05) is 54.3 Å². The van der Waals surface area contributed by atoms with E-state index in [1.807, 2.05) is 24.0 Å². The first-order chi connectivity index (χ1) is 21.8. The number of anilines is 4. The molecule has 3 aliphatic heterocycles. The Morgan fingerprint density at radius 2 is 2.09 bits per heavy atom. The minimum atomic E-state index is -0.518. The van der Waals surface area contributed by atoms with E-state index in [4.69, 9.17) is 21.2 Å². The molecule has 4 aliphatic rings. The molecule has 4 N–H and O–H groups in total. The Hall–Kier alpha value is -4.27. The molecule has 236 valence electrons. The van der Waals surface area contributed by atoms with Gasteiger partial charge in [-0.3, -0.25) is 4.90 Å². The summed E-state index contributed by atoms with van der Waals surface area (Å²) in [5.41, 5.74) is 14.7. The highest BCUT2D eigenvalue weighted by Crippen LogP contribution is 2.52. The van der Waals surface area contributed by atoms with E-state index in [0.717, 1.165) is 36.9 Å². The van der Waals surface area contributed by atoms with Crippen LogP contribution in [0.4, 0.5) is 27.1 Å². The van der Waals surface area contributed by atoms with Gasteiger partial charge in [0.1, 0.15) is 23.1 Å². The van der Waals surface area contributed by atoms with E-state index in [9.17, 15) is 14.9 Å². The molecule has 14 heteroatoms. The topological polar surface area (TPSA) is 170 Å². The maximum Gasteiger partial charge on any atom is 0.322 e. The quantitative estimate of drug-likeness (QED) is 0.388. The van der Waals surface area contributed by atoms with Crippen LogP contribution in [0, 0.1) is 22.7 Å². The molecule has 1 aliphatic carbocycles. The standard InChI is InChI=1S/C24H26N10OS.C7H12FN/c1-14(15-5-3-9-29-19(15)27)34(10-4-8-25)22-30-21(31-23(32-22)35-2)33-12-24(13-33)7-6-17-18(24)16(11-26)20(28)36-17;8-6-4-7-2-1-3-9(7)5-6/h3,5,9,14H,4,6-7,10,12-13,28H2,1-2H3,(H2,27,29);6-7H,1-5H2. The minimum absolute atomic E-state index is 0.119. The second-order valence-corrected chi connectivity index (χ2v) is 13.3. The van der Waals surface area contributed by atoms with Crippen molar-refractivity contribution in [2.45, 2.75) is 69.1 Å². The molecular weight excluding hydrogens is 593 g/mol. The van der Waals surface area contributed by atoms with Crippen molar-refractivity contribution in [2.24, 2.45) is 0 Å². The first-order valence-corrected chi connectivity index (χ1v) is 16.2. The summed E-state index contributed by atoms with van der Waals surface area (Å²) in [4.78, 5) is 25.5. The van der Waals surface area contributed by atoms with Gasteiger partial charge in [-0.1, -0.05) is 6.07 Å². The Kier molecular flexibility index (Phi) is 8.62. The molecule has 45 heavy (non-hydrogen) atoms. The Balaban J connectivity index is 0.000000337. The molecule has 7 rings (SSSR count). The highest BCUT2D eigenvalue weighted by atomic mass is 32.1. The highest BCUT2D eigenvalue weighted by Gasteiger charge is 2.52. The van der Waals surface area contributed by atoms with Crippen LogP contribution in [0.1, 0.15) is 66.6 Å². The third-order valence-corrected chi connectivity index (χ3v) is 10.6. The number of hydrogen-bond donors (Lipinski definition) is 2. The zero-order valence-corrected chi connectivity index (χ0v) is 26.4. The lowest BCUT2D eigenvalue weighted by Crippen LogP contribution is -2.59. The smallest absolute Gasteiger partial charge is 0.322 e. The average molecular weight is 632 g/mol. The fourth-order valence-electron chi connectivity index (χ4n) is 7.28. The molecule has 3 unspecified atom stereocenters. The van der Waals surface area contributed by atoms with Crippen LogP contribution in [-0.4, -0.2) is 76.9 Å². The first-order valence-electron chi connectivity index (χ1n) is 15.4. The van der Waals surface area contributed by atoms with Crippen molar-refractivity contribution in [3.63, 3.8) is 0 Å². The lowest BCUT2D eigenvalue weighted by atomic mass is 9.74. The van der Waals surface area contributed by atoms with E-state index < -0.39 is 6.17 Å². The largest absolute Gasteiger partial charge is 0.467 e. The fraction of sp³-hybridized carbons (Fsp3) is 0.548. The van der Waals surface area contributed by atoms with Crippen molar-refractivity contribution in [1.82, 2.24) is 24.8 Å². The fourth-order valence-corrected chi connectivity index (χ4v) is 8.42. The predicted octanol–water partition coefficient (Wildman–Crippen LogP) is 3.75. The number of nitrogens with two attached hydrogens (primary N) is 2. The molecule has 3 aromatic heterocycles. The summed E-state index contributed by atoms with van der Waals surface area (Å²) in [6.45, 7) is 5.59. The number of ether oxygens (including phenoxy) is 1. The number of rotatable bonds is 7. The van der Waals surface area contributed by atoms with Crippen molar-refractivity contribution in [1.29, 1.82) is 10.5 Å². The number of thiophene rings is 1. The molecule has 12 nitrogen and oxygen atoms in total. The molecule has 3 aromatic rings. The molecule has 3 atom stereocenters. The molecule has 0 amide bonds. The van der Waals surface area contributed by atoms with E-state index in [1.54, 1.807) is 6.20 Å². The van der Waals surface area contributed by atoms with Crippen LogP contribution in [0.25, 0.3) is 0 Å². The zero-order valence-electron chi connectivity index (χ0n) is 25.6. The molecule has 0 aromatic carbocycles. The molecule has 6 heterocycles. The number of nitrogens with zero attached hydrogens (tertiary/aromatic N) is 9. The maximum atomic E-state index is 12.6. The van der Waals surface area contributed by atoms with Crippen molar-refractivity contribution in [3.05, 3.63) is 39.9 Å². The number of methoxy groups -OCH3 is 1.